The van der Waals surface area contributed by atoms with Gasteiger partial charge in [-0.1, -0.05) is 49.8 Å². The summed E-state index contributed by atoms with van der Waals surface area (Å²) in [7, 11) is 1.73. The van der Waals surface area contributed by atoms with Crippen molar-refractivity contribution in [2.75, 3.05) is 7.11 Å². The second-order valence-electron chi connectivity index (χ2n) is 13.6. The summed E-state index contributed by atoms with van der Waals surface area (Å²) in [5, 5.41) is 19.1. The van der Waals surface area contributed by atoms with Crippen molar-refractivity contribution in [1.82, 2.24) is 15.1 Å². The van der Waals surface area contributed by atoms with Crippen LogP contribution in [0.4, 0.5) is 5.69 Å². The number of fused-ring (bicyclic) bond motifs is 6. The van der Waals surface area contributed by atoms with Gasteiger partial charge in [-0.2, -0.15) is 5.10 Å². The van der Waals surface area contributed by atoms with E-state index in [9.17, 15) is 14.9 Å². The summed E-state index contributed by atoms with van der Waals surface area (Å²) < 4.78 is 8.20. The van der Waals surface area contributed by atoms with Gasteiger partial charge in [0, 0.05) is 31.2 Å². The van der Waals surface area contributed by atoms with E-state index in [0.717, 1.165) is 61.9 Å². The average Bonchev–Trinajstić information content (AvgIpc) is 3.56. The average molecular weight is 581 g/mol. The topological polar surface area (TPSA) is 99.3 Å². The molecule has 6 atom stereocenters. The molecule has 4 aliphatic rings. The fourth-order valence-corrected chi connectivity index (χ4v) is 9.69. The first-order chi connectivity index (χ1) is 20.7. The molecule has 0 saturated heterocycles. The van der Waals surface area contributed by atoms with Gasteiger partial charge in [-0.25, -0.2) is 4.68 Å². The number of nitrogens with one attached hydrogen (secondary N) is 1. The van der Waals surface area contributed by atoms with Crippen LogP contribution in [0.25, 0.3) is 11.8 Å². The molecule has 7 rings (SSSR count). The zero-order chi connectivity index (χ0) is 30.0. The normalized spacial score (nSPS) is 32.5. The molecule has 1 N–H and O–H groups in total. The van der Waals surface area contributed by atoms with Crippen LogP contribution in [0.2, 0.25) is 0 Å². The Balaban J connectivity index is 1.14. The molecule has 3 aromatic rings. The van der Waals surface area contributed by atoms with Gasteiger partial charge in [-0.05, 0) is 97.5 Å². The minimum Gasteiger partial charge on any atom is -0.368 e. The van der Waals surface area contributed by atoms with Crippen molar-refractivity contribution < 1.29 is 14.5 Å². The van der Waals surface area contributed by atoms with Gasteiger partial charge in [-0.3, -0.25) is 14.9 Å². The number of methoxy groups -OCH3 is 1. The van der Waals surface area contributed by atoms with Crippen molar-refractivity contribution in [2.24, 2.45) is 28.6 Å². The second kappa shape index (κ2) is 10.2. The summed E-state index contributed by atoms with van der Waals surface area (Å²) in [6.45, 7) is 5.29. The van der Waals surface area contributed by atoms with Crippen LogP contribution in [0.15, 0.2) is 66.4 Å². The molecule has 8 heteroatoms. The minimum absolute atomic E-state index is 0.0332. The summed E-state index contributed by atoms with van der Waals surface area (Å²) in [5.41, 5.74) is 4.87. The van der Waals surface area contributed by atoms with Gasteiger partial charge < -0.3 is 10.1 Å². The molecular weight excluding hydrogens is 540 g/mol. The lowest BCUT2D eigenvalue weighted by Gasteiger charge is -2.59. The molecule has 8 nitrogen and oxygen atoms in total. The molecule has 4 aliphatic carbocycles. The van der Waals surface area contributed by atoms with E-state index >= 15 is 0 Å². The molecule has 43 heavy (non-hydrogen) atoms. The van der Waals surface area contributed by atoms with E-state index in [0.29, 0.717) is 24.3 Å². The van der Waals surface area contributed by atoms with Gasteiger partial charge in [0.25, 0.3) is 11.6 Å². The number of aromatic nitrogens is 2. The summed E-state index contributed by atoms with van der Waals surface area (Å²) in [6, 6.07) is 16.7. The van der Waals surface area contributed by atoms with Crippen molar-refractivity contribution in [3.63, 3.8) is 0 Å². The first-order valence-electron chi connectivity index (χ1n) is 15.6. The Kier molecular flexibility index (Phi) is 6.61. The van der Waals surface area contributed by atoms with E-state index in [1.807, 2.05) is 41.2 Å². The largest absolute Gasteiger partial charge is 0.368 e. The number of nitro benzene ring substituents is 1. The lowest BCUT2D eigenvalue weighted by atomic mass is 9.46. The molecule has 0 aliphatic heterocycles. The zero-order valence-corrected chi connectivity index (χ0v) is 25.2. The van der Waals surface area contributed by atoms with Gasteiger partial charge in [-0.15, -0.1) is 0 Å². The molecule has 1 heterocycles. The Morgan fingerprint density at radius 3 is 2.53 bits per heavy atom. The third-order valence-corrected chi connectivity index (χ3v) is 11.9. The Labute approximate surface area is 252 Å². The summed E-state index contributed by atoms with van der Waals surface area (Å²) in [4.78, 5) is 24.7. The van der Waals surface area contributed by atoms with Crippen molar-refractivity contribution in [1.29, 1.82) is 0 Å². The number of benzene rings is 2. The summed E-state index contributed by atoms with van der Waals surface area (Å²) in [6.07, 6.45) is 11.3. The van der Waals surface area contributed by atoms with Crippen LogP contribution >= 0.6 is 0 Å². The third kappa shape index (κ3) is 4.13. The fraction of sp³-hybridized carbons (Fsp3) is 0.486. The van der Waals surface area contributed by atoms with Crippen LogP contribution in [0.1, 0.15) is 69.2 Å². The maximum Gasteiger partial charge on any atom is 0.269 e. The highest BCUT2D eigenvalue weighted by Gasteiger charge is 2.67. The molecule has 224 valence electrons. The van der Waals surface area contributed by atoms with E-state index in [1.54, 1.807) is 19.2 Å². The Morgan fingerprint density at radius 1 is 1.07 bits per heavy atom. The smallest absolute Gasteiger partial charge is 0.269 e. The number of rotatable bonds is 6. The maximum atomic E-state index is 13.9. The number of ether oxygens (including phenoxy) is 1. The molecule has 0 bridgehead atoms. The number of carbonyl (C=O) groups excluding carboxylic acids is 1. The van der Waals surface area contributed by atoms with Crippen molar-refractivity contribution in [2.45, 2.75) is 70.9 Å². The number of non-ortho nitro benzene ring substituents is 1. The first kappa shape index (κ1) is 28.0. The Hall–Kier alpha value is -3.78. The third-order valence-electron chi connectivity index (χ3n) is 11.9. The monoisotopic (exact) mass is 580 g/mol. The van der Waals surface area contributed by atoms with E-state index < -0.39 is 5.60 Å². The lowest BCUT2D eigenvalue weighted by Crippen LogP contribution is -2.60. The molecule has 5 unspecified atom stereocenters. The quantitative estimate of drug-likeness (QED) is 0.260. The molecule has 2 aromatic carbocycles. The number of amides is 1. The number of nitro groups is 1. The van der Waals surface area contributed by atoms with Gasteiger partial charge in [0.2, 0.25) is 0 Å². The fourth-order valence-electron chi connectivity index (χ4n) is 9.69. The zero-order valence-electron chi connectivity index (χ0n) is 25.2. The highest BCUT2D eigenvalue weighted by atomic mass is 16.6. The van der Waals surface area contributed by atoms with Gasteiger partial charge in [0.15, 0.2) is 5.60 Å². The van der Waals surface area contributed by atoms with Crippen molar-refractivity contribution in [3.05, 3.63) is 93.3 Å². The summed E-state index contributed by atoms with van der Waals surface area (Å²) >= 11 is 0. The number of hydrogen-bond donors (Lipinski definition) is 1. The van der Waals surface area contributed by atoms with Crippen LogP contribution in [0.5, 0.6) is 0 Å². The predicted octanol–water partition coefficient (Wildman–Crippen LogP) is 6.66. The highest BCUT2D eigenvalue weighted by molar-refractivity contribution is 5.87. The van der Waals surface area contributed by atoms with E-state index in [-0.39, 0.29) is 27.3 Å². The van der Waals surface area contributed by atoms with Gasteiger partial charge in [0.05, 0.1) is 22.5 Å². The standard InChI is InChI=1S/C35H40N4O4/c1-33-20-24-22-37-38(26-10-12-27(13-11-26)39(41)42)31(24)19-25(33)9-14-28-29(33)15-17-34(2)30(28)16-18-35(34,43-3)32(40)36-21-23-7-5-4-6-8-23/h4-8,10-13,19,22,28-30H,9,14-18,20-21H2,1-3H3,(H,36,40)/t28?,29?,30?,33?,34?,35-/m0/s1. The highest BCUT2D eigenvalue weighted by Crippen LogP contribution is 2.68. The molecule has 3 fully saturated rings. The van der Waals surface area contributed by atoms with Crippen LogP contribution in [-0.4, -0.2) is 33.3 Å². The maximum absolute atomic E-state index is 13.9. The molecule has 0 spiro atoms. The van der Waals surface area contributed by atoms with E-state index in [1.165, 1.54) is 23.3 Å². The molecule has 0 radical (unpaired) electrons. The van der Waals surface area contributed by atoms with Crippen LogP contribution < -0.4 is 5.32 Å². The SMILES string of the molecule is CO[C@]1(C(=O)NCc2ccccc2)CCC2C3CCC4=Cc5c(cnn5-c5ccc([N+](=O)[O-])cc5)CC4(C)C3CCC21C. The van der Waals surface area contributed by atoms with Crippen molar-refractivity contribution >= 4 is 17.7 Å². The second-order valence-corrected chi connectivity index (χ2v) is 13.6. The number of allylic oxidation sites excluding steroid dienone is 1. The van der Waals surface area contributed by atoms with E-state index in [2.05, 4.69) is 25.2 Å². The molecular formula is C35H40N4O4. The summed E-state index contributed by atoms with van der Waals surface area (Å²) in [5.74, 6) is 1.56. The predicted molar refractivity (Wildman–Crippen MR) is 164 cm³/mol. The van der Waals surface area contributed by atoms with Gasteiger partial charge in [0.1, 0.15) is 0 Å². The Morgan fingerprint density at radius 2 is 1.81 bits per heavy atom. The molecule has 3 saturated carbocycles. The van der Waals surface area contributed by atoms with Crippen LogP contribution in [0.3, 0.4) is 0 Å². The Bertz CT molecular complexity index is 1600. The van der Waals surface area contributed by atoms with E-state index in [4.69, 9.17) is 9.84 Å². The van der Waals surface area contributed by atoms with Gasteiger partial charge >= 0.3 is 0 Å². The number of hydrogen-bond acceptors (Lipinski definition) is 5. The number of carbonyl (C=O) groups is 1. The minimum atomic E-state index is -0.805. The lowest BCUT2D eigenvalue weighted by molar-refractivity contribution is -0.384. The van der Waals surface area contributed by atoms with Crippen molar-refractivity contribution in [3.8, 4) is 5.69 Å². The van der Waals surface area contributed by atoms with Crippen LogP contribution in [-0.2, 0) is 22.5 Å². The molecule has 1 amide bonds. The number of nitrogens with zero attached hydrogens (tertiary/aromatic N) is 3. The van der Waals surface area contributed by atoms with Crippen LogP contribution in [0, 0.1) is 38.7 Å². The first-order valence-corrected chi connectivity index (χ1v) is 15.6. The molecule has 1 aromatic heterocycles.